The summed E-state index contributed by atoms with van der Waals surface area (Å²) in [6.07, 6.45) is 0.251. The van der Waals surface area contributed by atoms with Crippen LogP contribution in [0.3, 0.4) is 0 Å². The molecule has 166 valence electrons. The van der Waals surface area contributed by atoms with Crippen LogP contribution in [-0.4, -0.2) is 70.8 Å². The Hall–Kier alpha value is -3.42. The number of amides is 2. The van der Waals surface area contributed by atoms with Gasteiger partial charge in [-0.05, 0) is 24.3 Å². The van der Waals surface area contributed by atoms with Crippen LogP contribution in [0.25, 0.3) is 0 Å². The summed E-state index contributed by atoms with van der Waals surface area (Å²) in [5, 5.41) is 2.80. The molecule has 0 unspecified atom stereocenters. The number of hydrogen-bond acceptors (Lipinski definition) is 6. The molecule has 2 aromatic rings. The SMILES string of the molecule is COc1cc(OC)cc(C(=O)NCCC(=O)N2CCN(c3ccccc3OC)CC2)c1. The Kier molecular flexibility index (Phi) is 7.59. The summed E-state index contributed by atoms with van der Waals surface area (Å²) in [5.74, 6) is 1.66. The molecular weight excluding hydrogens is 398 g/mol. The summed E-state index contributed by atoms with van der Waals surface area (Å²) in [6, 6.07) is 12.9. The Bertz CT molecular complexity index is 888. The summed E-state index contributed by atoms with van der Waals surface area (Å²) < 4.78 is 15.8. The number of carbonyl (C=O) groups excluding carboxylic acids is 2. The summed E-state index contributed by atoms with van der Waals surface area (Å²) in [5.41, 5.74) is 1.46. The molecule has 1 fully saturated rings. The standard InChI is InChI=1S/C23H29N3O5/c1-29-18-14-17(15-19(16-18)30-2)23(28)24-9-8-22(27)26-12-10-25(11-13-26)20-6-4-5-7-21(20)31-3/h4-7,14-16H,8-13H2,1-3H3,(H,24,28). The van der Waals surface area contributed by atoms with Crippen LogP contribution in [0.1, 0.15) is 16.8 Å². The van der Waals surface area contributed by atoms with E-state index in [1.54, 1.807) is 25.3 Å². The fraction of sp³-hybridized carbons (Fsp3) is 0.391. The van der Waals surface area contributed by atoms with Crippen LogP contribution >= 0.6 is 0 Å². The topological polar surface area (TPSA) is 80.3 Å². The van der Waals surface area contributed by atoms with Gasteiger partial charge in [0, 0.05) is 50.8 Å². The highest BCUT2D eigenvalue weighted by atomic mass is 16.5. The van der Waals surface area contributed by atoms with Crippen molar-refractivity contribution in [2.75, 3.05) is 59.0 Å². The molecule has 1 aliphatic rings. The van der Waals surface area contributed by atoms with Crippen molar-refractivity contribution in [3.05, 3.63) is 48.0 Å². The predicted molar refractivity (Wildman–Crippen MR) is 118 cm³/mol. The smallest absolute Gasteiger partial charge is 0.251 e. The molecule has 31 heavy (non-hydrogen) atoms. The minimum absolute atomic E-state index is 0.0307. The number of para-hydroxylation sites is 2. The molecule has 1 aliphatic heterocycles. The van der Waals surface area contributed by atoms with Crippen LogP contribution in [-0.2, 0) is 4.79 Å². The zero-order valence-electron chi connectivity index (χ0n) is 18.2. The normalized spacial score (nSPS) is 13.5. The molecule has 0 aromatic heterocycles. The third-order valence-electron chi connectivity index (χ3n) is 5.30. The van der Waals surface area contributed by atoms with E-state index in [4.69, 9.17) is 14.2 Å². The van der Waals surface area contributed by atoms with E-state index in [0.717, 1.165) is 24.5 Å². The van der Waals surface area contributed by atoms with Crippen LogP contribution in [0.4, 0.5) is 5.69 Å². The molecule has 0 atom stereocenters. The van der Waals surface area contributed by atoms with Crippen molar-refractivity contribution < 1.29 is 23.8 Å². The Morgan fingerprint density at radius 2 is 1.55 bits per heavy atom. The van der Waals surface area contributed by atoms with Crippen LogP contribution in [0, 0.1) is 0 Å². The van der Waals surface area contributed by atoms with Gasteiger partial charge in [-0.15, -0.1) is 0 Å². The van der Waals surface area contributed by atoms with Gasteiger partial charge in [0.25, 0.3) is 5.91 Å². The number of benzene rings is 2. The van der Waals surface area contributed by atoms with Gasteiger partial charge in [-0.3, -0.25) is 9.59 Å². The van der Waals surface area contributed by atoms with Gasteiger partial charge in [0.1, 0.15) is 17.2 Å². The first-order valence-corrected chi connectivity index (χ1v) is 10.2. The predicted octanol–water partition coefficient (Wildman–Crippen LogP) is 2.18. The molecule has 0 saturated carbocycles. The molecule has 1 heterocycles. The summed E-state index contributed by atoms with van der Waals surface area (Å²) in [6.45, 7) is 3.02. The van der Waals surface area contributed by atoms with Crippen LogP contribution in [0.15, 0.2) is 42.5 Å². The Labute approximate surface area is 182 Å². The lowest BCUT2D eigenvalue weighted by Crippen LogP contribution is -2.49. The first-order valence-electron chi connectivity index (χ1n) is 10.2. The molecular formula is C23H29N3O5. The van der Waals surface area contributed by atoms with Crippen molar-refractivity contribution in [2.45, 2.75) is 6.42 Å². The molecule has 2 aromatic carbocycles. The van der Waals surface area contributed by atoms with Crippen molar-refractivity contribution in [2.24, 2.45) is 0 Å². The maximum Gasteiger partial charge on any atom is 0.251 e. The highest BCUT2D eigenvalue weighted by molar-refractivity contribution is 5.95. The van der Waals surface area contributed by atoms with Gasteiger partial charge in [0.05, 0.1) is 27.0 Å². The number of rotatable bonds is 8. The largest absolute Gasteiger partial charge is 0.497 e. The Balaban J connectivity index is 1.47. The molecule has 8 heteroatoms. The average molecular weight is 428 g/mol. The van der Waals surface area contributed by atoms with E-state index in [2.05, 4.69) is 10.2 Å². The first-order chi connectivity index (χ1) is 15.0. The number of ether oxygens (including phenoxy) is 3. The molecule has 2 amide bonds. The minimum atomic E-state index is -0.272. The number of nitrogens with zero attached hydrogens (tertiary/aromatic N) is 2. The number of hydrogen-bond donors (Lipinski definition) is 1. The van der Waals surface area contributed by atoms with Crippen molar-refractivity contribution in [1.29, 1.82) is 0 Å². The number of methoxy groups -OCH3 is 3. The fourth-order valence-corrected chi connectivity index (χ4v) is 3.57. The molecule has 0 spiro atoms. The Morgan fingerprint density at radius 3 is 2.16 bits per heavy atom. The van der Waals surface area contributed by atoms with Gasteiger partial charge in [-0.2, -0.15) is 0 Å². The number of nitrogens with one attached hydrogen (secondary N) is 1. The zero-order valence-corrected chi connectivity index (χ0v) is 18.2. The lowest BCUT2D eigenvalue weighted by molar-refractivity contribution is -0.131. The lowest BCUT2D eigenvalue weighted by atomic mass is 10.2. The summed E-state index contributed by atoms with van der Waals surface area (Å²) in [7, 11) is 4.72. The first kappa shape index (κ1) is 22.3. The maximum atomic E-state index is 12.6. The van der Waals surface area contributed by atoms with Gasteiger partial charge in [0.15, 0.2) is 0 Å². The highest BCUT2D eigenvalue weighted by Gasteiger charge is 2.22. The van der Waals surface area contributed by atoms with E-state index < -0.39 is 0 Å². The molecule has 3 rings (SSSR count). The fourth-order valence-electron chi connectivity index (χ4n) is 3.57. The average Bonchev–Trinajstić information content (AvgIpc) is 2.83. The number of anilines is 1. The van der Waals surface area contributed by atoms with Gasteiger partial charge in [0.2, 0.25) is 5.91 Å². The number of piperazine rings is 1. The van der Waals surface area contributed by atoms with Gasteiger partial charge in [-0.1, -0.05) is 12.1 Å². The van der Waals surface area contributed by atoms with E-state index in [9.17, 15) is 9.59 Å². The van der Waals surface area contributed by atoms with Gasteiger partial charge in [-0.25, -0.2) is 0 Å². The summed E-state index contributed by atoms with van der Waals surface area (Å²) >= 11 is 0. The van der Waals surface area contributed by atoms with E-state index >= 15 is 0 Å². The van der Waals surface area contributed by atoms with Crippen molar-refractivity contribution in [1.82, 2.24) is 10.2 Å². The molecule has 1 saturated heterocycles. The van der Waals surface area contributed by atoms with Crippen LogP contribution in [0.2, 0.25) is 0 Å². The maximum absolute atomic E-state index is 12.6. The molecule has 1 N–H and O–H groups in total. The van der Waals surface area contributed by atoms with Crippen LogP contribution < -0.4 is 24.4 Å². The van der Waals surface area contributed by atoms with Crippen molar-refractivity contribution >= 4 is 17.5 Å². The monoisotopic (exact) mass is 427 g/mol. The van der Waals surface area contributed by atoms with Gasteiger partial charge < -0.3 is 29.3 Å². The van der Waals surface area contributed by atoms with E-state index in [-0.39, 0.29) is 24.8 Å². The summed E-state index contributed by atoms with van der Waals surface area (Å²) in [4.78, 5) is 29.1. The zero-order chi connectivity index (χ0) is 22.2. The van der Waals surface area contributed by atoms with Gasteiger partial charge >= 0.3 is 0 Å². The highest BCUT2D eigenvalue weighted by Crippen LogP contribution is 2.28. The third kappa shape index (κ3) is 5.59. The molecule has 0 radical (unpaired) electrons. The number of carbonyl (C=O) groups is 2. The minimum Gasteiger partial charge on any atom is -0.497 e. The van der Waals surface area contributed by atoms with E-state index in [1.165, 1.54) is 14.2 Å². The van der Waals surface area contributed by atoms with E-state index in [0.29, 0.717) is 30.2 Å². The van der Waals surface area contributed by atoms with Crippen molar-refractivity contribution in [3.63, 3.8) is 0 Å². The van der Waals surface area contributed by atoms with Crippen LogP contribution in [0.5, 0.6) is 17.2 Å². The lowest BCUT2D eigenvalue weighted by Gasteiger charge is -2.36. The third-order valence-corrected chi connectivity index (χ3v) is 5.30. The molecule has 8 nitrogen and oxygen atoms in total. The second-order valence-electron chi connectivity index (χ2n) is 7.15. The second kappa shape index (κ2) is 10.6. The van der Waals surface area contributed by atoms with E-state index in [1.807, 2.05) is 29.2 Å². The molecule has 0 bridgehead atoms. The quantitative estimate of drug-likeness (QED) is 0.696. The Morgan fingerprint density at radius 1 is 0.903 bits per heavy atom. The van der Waals surface area contributed by atoms with Crippen molar-refractivity contribution in [3.8, 4) is 17.2 Å². The second-order valence-corrected chi connectivity index (χ2v) is 7.15. The molecule has 0 aliphatic carbocycles.